The second-order valence-corrected chi connectivity index (χ2v) is 8.81. The molecule has 1 N–H and O–H groups in total. The van der Waals surface area contributed by atoms with E-state index in [0.29, 0.717) is 5.56 Å². The molecule has 0 saturated carbocycles. The molecular weight excluding hydrogens is 416 g/mol. The van der Waals surface area contributed by atoms with Crippen LogP contribution >= 0.6 is 0 Å². The van der Waals surface area contributed by atoms with Gasteiger partial charge in [-0.25, -0.2) is 9.48 Å². The van der Waals surface area contributed by atoms with Crippen LogP contribution in [0.25, 0.3) is 16.7 Å². The van der Waals surface area contributed by atoms with E-state index in [1.165, 1.54) is 0 Å². The fourth-order valence-corrected chi connectivity index (χ4v) is 4.56. The maximum atomic E-state index is 13.1. The Labute approximate surface area is 191 Å². The summed E-state index contributed by atoms with van der Waals surface area (Å²) in [5.74, 6) is 0. The van der Waals surface area contributed by atoms with Gasteiger partial charge in [-0.05, 0) is 51.0 Å². The van der Waals surface area contributed by atoms with Gasteiger partial charge in [0.25, 0.3) is 5.56 Å². The predicted octanol–water partition coefficient (Wildman–Crippen LogP) is 3.32. The molecule has 1 aliphatic heterocycles. The highest BCUT2D eigenvalue weighted by atomic mass is 16.1. The molecule has 33 heavy (non-hydrogen) atoms. The van der Waals surface area contributed by atoms with Gasteiger partial charge in [-0.1, -0.05) is 17.7 Å². The van der Waals surface area contributed by atoms with Crippen LogP contribution in [0.15, 0.2) is 51.0 Å². The van der Waals surface area contributed by atoms with Crippen molar-refractivity contribution in [3.63, 3.8) is 0 Å². The van der Waals surface area contributed by atoms with Crippen molar-refractivity contribution in [1.82, 2.24) is 18.9 Å². The first-order valence-corrected chi connectivity index (χ1v) is 11.2. The molecule has 4 aromatic rings. The lowest BCUT2D eigenvalue weighted by Crippen LogP contribution is -2.19. The number of aliphatic imine (C=N–C) groups is 1. The van der Waals surface area contributed by atoms with Crippen LogP contribution in [-0.2, 0) is 14.1 Å². The smallest absolute Gasteiger partial charge is 0.328 e. The summed E-state index contributed by atoms with van der Waals surface area (Å²) in [6.45, 7) is 5.80. The Morgan fingerprint density at radius 3 is 2.24 bits per heavy atom. The molecule has 2 aromatic carbocycles. The van der Waals surface area contributed by atoms with Gasteiger partial charge >= 0.3 is 5.69 Å². The van der Waals surface area contributed by atoms with Gasteiger partial charge in [0.2, 0.25) is 0 Å². The molecule has 0 amide bonds. The van der Waals surface area contributed by atoms with Crippen LogP contribution in [-0.4, -0.2) is 38.2 Å². The van der Waals surface area contributed by atoms with E-state index in [1.807, 2.05) is 50.2 Å². The Balaban J connectivity index is 1.62. The molecule has 1 aliphatic rings. The highest BCUT2D eigenvalue weighted by molar-refractivity contribution is 5.91. The van der Waals surface area contributed by atoms with E-state index < -0.39 is 0 Å². The number of fused-ring (bicyclic) bond motifs is 1. The fourth-order valence-electron chi connectivity index (χ4n) is 4.56. The van der Waals surface area contributed by atoms with Gasteiger partial charge in [0.1, 0.15) is 0 Å². The maximum absolute atomic E-state index is 13.1. The first-order chi connectivity index (χ1) is 15.8. The van der Waals surface area contributed by atoms with Crippen molar-refractivity contribution in [3.05, 3.63) is 74.1 Å². The third-order valence-electron chi connectivity index (χ3n) is 6.56. The summed E-state index contributed by atoms with van der Waals surface area (Å²) in [7, 11) is 3.56. The van der Waals surface area contributed by atoms with Crippen molar-refractivity contribution in [1.29, 1.82) is 0 Å². The zero-order valence-electron chi connectivity index (χ0n) is 19.4. The Kier molecular flexibility index (Phi) is 5.08. The number of hydrogen-bond donors (Lipinski definition) is 1. The van der Waals surface area contributed by atoms with Gasteiger partial charge in [0.05, 0.1) is 33.7 Å². The van der Waals surface area contributed by atoms with Gasteiger partial charge < -0.3 is 4.90 Å². The highest BCUT2D eigenvalue weighted by Crippen LogP contribution is 2.35. The van der Waals surface area contributed by atoms with Crippen LogP contribution in [0.4, 0.5) is 11.4 Å². The minimum Gasteiger partial charge on any atom is -0.370 e. The van der Waals surface area contributed by atoms with E-state index in [1.54, 1.807) is 34.1 Å². The lowest BCUT2D eigenvalue weighted by Gasteiger charge is -2.20. The lowest BCUT2D eigenvalue weighted by atomic mass is 10.2. The molecule has 8 heteroatoms. The second-order valence-electron chi connectivity index (χ2n) is 8.81. The van der Waals surface area contributed by atoms with Crippen LogP contribution in [0.1, 0.15) is 29.7 Å². The molecule has 2 aromatic heterocycles. The predicted molar refractivity (Wildman–Crippen MR) is 133 cm³/mol. The number of nitrogens with one attached hydrogen (secondary N) is 1. The second kappa shape index (κ2) is 7.95. The fraction of sp³-hybridized carbons (Fsp3) is 0.320. The molecular formula is C25H28N6O2. The monoisotopic (exact) mass is 444 g/mol. The van der Waals surface area contributed by atoms with Gasteiger partial charge in [-0.3, -0.25) is 24.0 Å². The normalized spacial score (nSPS) is 14.2. The molecule has 0 spiro atoms. The maximum Gasteiger partial charge on any atom is 0.328 e. The lowest BCUT2D eigenvalue weighted by molar-refractivity contribution is 0.795. The van der Waals surface area contributed by atoms with Crippen molar-refractivity contribution >= 4 is 28.6 Å². The number of H-pyrrole nitrogens is 1. The Bertz CT molecular complexity index is 1490. The first-order valence-electron chi connectivity index (χ1n) is 11.2. The van der Waals surface area contributed by atoms with Crippen LogP contribution < -0.4 is 16.1 Å². The number of anilines is 1. The summed E-state index contributed by atoms with van der Waals surface area (Å²) in [5.41, 5.74) is 6.42. The Morgan fingerprint density at radius 2 is 1.58 bits per heavy atom. The molecule has 3 heterocycles. The molecule has 0 radical (unpaired) electrons. The summed E-state index contributed by atoms with van der Waals surface area (Å²) >= 11 is 0. The summed E-state index contributed by atoms with van der Waals surface area (Å²) in [4.78, 5) is 32.7. The van der Waals surface area contributed by atoms with Crippen molar-refractivity contribution in [3.8, 4) is 5.69 Å². The number of rotatable bonds is 4. The van der Waals surface area contributed by atoms with E-state index in [9.17, 15) is 9.59 Å². The molecule has 8 nitrogen and oxygen atoms in total. The van der Waals surface area contributed by atoms with Gasteiger partial charge in [-0.2, -0.15) is 0 Å². The number of hydrogen-bond acceptors (Lipinski definition) is 4. The summed E-state index contributed by atoms with van der Waals surface area (Å²) in [5, 5.41) is 3.16. The zero-order chi connectivity index (χ0) is 23.3. The van der Waals surface area contributed by atoms with Gasteiger partial charge in [-0.15, -0.1) is 0 Å². The Morgan fingerprint density at radius 1 is 0.939 bits per heavy atom. The number of aryl methyl sites for hydroxylation is 4. The minimum absolute atomic E-state index is 0.0686. The number of nitrogens with zero attached hydrogens (tertiary/aromatic N) is 5. The Hall–Kier alpha value is -3.81. The number of benzene rings is 2. The molecule has 0 atom stereocenters. The third kappa shape index (κ3) is 3.51. The molecule has 170 valence electrons. The summed E-state index contributed by atoms with van der Waals surface area (Å²) < 4.78 is 4.84. The SMILES string of the molecule is Cc1ccc(-n2[nH]c(C)c(C=Nc3cc4c(cc3N3CCCC3)n(C)c(=O)n4C)c2=O)cc1. The van der Waals surface area contributed by atoms with Gasteiger partial charge in [0.15, 0.2) is 0 Å². The van der Waals surface area contributed by atoms with Crippen molar-refractivity contribution < 1.29 is 0 Å². The van der Waals surface area contributed by atoms with Crippen LogP contribution in [0.5, 0.6) is 0 Å². The van der Waals surface area contributed by atoms with Crippen molar-refractivity contribution in [2.24, 2.45) is 19.1 Å². The number of aromatic amines is 1. The van der Waals surface area contributed by atoms with Gasteiger partial charge in [0, 0.05) is 39.1 Å². The van der Waals surface area contributed by atoms with E-state index in [-0.39, 0.29) is 11.2 Å². The molecule has 0 bridgehead atoms. The third-order valence-corrected chi connectivity index (χ3v) is 6.56. The molecule has 1 saturated heterocycles. The topological polar surface area (TPSA) is 80.3 Å². The van der Waals surface area contributed by atoms with Crippen molar-refractivity contribution in [2.75, 3.05) is 18.0 Å². The quantitative estimate of drug-likeness (QED) is 0.491. The standard InChI is InChI=1S/C25H28N6O2/c1-16-7-9-18(10-8-16)31-24(32)19(17(2)27-31)15-26-20-13-22-23(29(4)25(33)28(22)3)14-21(20)30-11-5-6-12-30/h7-10,13-15,27H,5-6,11-12H2,1-4H3. The molecule has 5 rings (SSSR count). The number of imidazole rings is 1. The molecule has 0 aliphatic carbocycles. The summed E-state index contributed by atoms with van der Waals surface area (Å²) in [6, 6.07) is 11.8. The van der Waals surface area contributed by atoms with Crippen LogP contribution in [0.2, 0.25) is 0 Å². The molecule has 1 fully saturated rings. The zero-order valence-corrected chi connectivity index (χ0v) is 19.4. The average Bonchev–Trinajstić information content (AvgIpc) is 3.49. The average molecular weight is 445 g/mol. The van der Waals surface area contributed by atoms with E-state index in [0.717, 1.165) is 65.3 Å². The highest BCUT2D eigenvalue weighted by Gasteiger charge is 2.19. The van der Waals surface area contributed by atoms with E-state index >= 15 is 0 Å². The van der Waals surface area contributed by atoms with E-state index in [4.69, 9.17) is 4.99 Å². The minimum atomic E-state index is -0.143. The first kappa shape index (κ1) is 21.1. The van der Waals surface area contributed by atoms with E-state index in [2.05, 4.69) is 10.00 Å². The number of aromatic nitrogens is 4. The van der Waals surface area contributed by atoms with Crippen molar-refractivity contribution in [2.45, 2.75) is 26.7 Å². The largest absolute Gasteiger partial charge is 0.370 e. The van der Waals surface area contributed by atoms with Crippen LogP contribution in [0.3, 0.4) is 0 Å². The molecule has 0 unspecified atom stereocenters. The van der Waals surface area contributed by atoms with Crippen LogP contribution in [0, 0.1) is 13.8 Å². The summed E-state index contributed by atoms with van der Waals surface area (Å²) in [6.07, 6.45) is 3.90.